The van der Waals surface area contributed by atoms with Crippen LogP contribution in [0, 0.1) is 6.92 Å². The number of halogens is 2. The number of nitrogens with one attached hydrogen (secondary N) is 2. The number of amides is 2. The summed E-state index contributed by atoms with van der Waals surface area (Å²) in [7, 11) is 0. The molecule has 0 saturated carbocycles. The average molecular weight is 457 g/mol. The summed E-state index contributed by atoms with van der Waals surface area (Å²) in [4.78, 5) is 29.1. The van der Waals surface area contributed by atoms with Gasteiger partial charge in [0.25, 0.3) is 11.8 Å². The van der Waals surface area contributed by atoms with Crippen LogP contribution in [0.3, 0.4) is 0 Å². The second-order valence-electron chi connectivity index (χ2n) is 7.02. The van der Waals surface area contributed by atoms with Gasteiger partial charge in [0.05, 0.1) is 16.4 Å². The fourth-order valence-corrected chi connectivity index (χ4v) is 3.79. The molecular weight excluding hydrogens is 439 g/mol. The molecule has 31 heavy (non-hydrogen) atoms. The number of hydrogen-bond acceptors (Lipinski definition) is 5. The molecule has 2 aromatic heterocycles. The van der Waals surface area contributed by atoms with Gasteiger partial charge in [0.2, 0.25) is 0 Å². The first-order valence-corrected chi connectivity index (χ1v) is 10.4. The van der Waals surface area contributed by atoms with Crippen molar-refractivity contribution in [3.05, 3.63) is 81.0 Å². The Morgan fingerprint density at radius 1 is 1.10 bits per heavy atom. The minimum absolute atomic E-state index is 0.177. The molecule has 0 spiro atoms. The maximum Gasteiger partial charge on any atom is 0.291 e. The number of furan rings is 1. The monoisotopic (exact) mass is 456 g/mol. The zero-order valence-electron chi connectivity index (χ0n) is 16.5. The summed E-state index contributed by atoms with van der Waals surface area (Å²) in [5.41, 5.74) is 5.51. The molecule has 0 aliphatic heterocycles. The summed E-state index contributed by atoms with van der Waals surface area (Å²) in [5, 5.41) is 7.87. The number of fused-ring (bicyclic) bond motifs is 1. The highest BCUT2D eigenvalue weighted by Gasteiger charge is 2.28. The lowest BCUT2D eigenvalue weighted by molar-refractivity contribution is 0.0953. The Bertz CT molecular complexity index is 1190. The largest absolute Gasteiger partial charge is 0.455 e. The van der Waals surface area contributed by atoms with E-state index in [1.165, 1.54) is 12.4 Å². The molecule has 158 valence electrons. The van der Waals surface area contributed by atoms with E-state index in [0.29, 0.717) is 51.2 Å². The number of hydrogen-bond donors (Lipinski definition) is 2. The van der Waals surface area contributed by atoms with E-state index in [1.807, 2.05) is 0 Å². The highest BCUT2D eigenvalue weighted by molar-refractivity contribution is 6.35. The van der Waals surface area contributed by atoms with Gasteiger partial charge in [0.15, 0.2) is 5.76 Å². The summed E-state index contributed by atoms with van der Waals surface area (Å²) in [5.74, 6) is 0.0760. The maximum atomic E-state index is 12.9. The van der Waals surface area contributed by atoms with Crippen LogP contribution in [0.25, 0.3) is 0 Å². The van der Waals surface area contributed by atoms with Crippen molar-refractivity contribution in [1.82, 2.24) is 10.4 Å². The van der Waals surface area contributed by atoms with Crippen LogP contribution in [0.5, 0.6) is 0 Å². The van der Waals surface area contributed by atoms with Gasteiger partial charge >= 0.3 is 0 Å². The molecule has 0 fully saturated rings. The van der Waals surface area contributed by atoms with Gasteiger partial charge < -0.3 is 9.73 Å². The Balaban J connectivity index is 1.59. The van der Waals surface area contributed by atoms with Crippen molar-refractivity contribution in [2.75, 3.05) is 5.32 Å². The fourth-order valence-electron chi connectivity index (χ4n) is 3.46. The van der Waals surface area contributed by atoms with E-state index in [-0.39, 0.29) is 11.7 Å². The standard InChI is InChI=1S/C22H18Cl2N4O3/c1-12-19-16(27-28-21(29)13-7-9-25-10-8-13)3-2-4-18(19)31-20(12)22(30)26-17-11-14(23)5-6-15(17)24/h5-11H,2-4H2,1H3,(H,26,30)(H,28,29)/b27-16+. The Morgan fingerprint density at radius 3 is 2.65 bits per heavy atom. The quantitative estimate of drug-likeness (QED) is 0.538. The second kappa shape index (κ2) is 8.91. The molecule has 9 heteroatoms. The number of aryl methyl sites for hydroxylation is 1. The molecule has 1 aliphatic rings. The number of benzene rings is 1. The summed E-state index contributed by atoms with van der Waals surface area (Å²) >= 11 is 12.1. The van der Waals surface area contributed by atoms with Crippen molar-refractivity contribution in [1.29, 1.82) is 0 Å². The number of carbonyl (C=O) groups excluding carboxylic acids is 2. The molecular formula is C22H18Cl2N4O3. The normalized spacial score (nSPS) is 14.2. The van der Waals surface area contributed by atoms with Crippen molar-refractivity contribution < 1.29 is 14.0 Å². The van der Waals surface area contributed by atoms with Crippen molar-refractivity contribution in [3.63, 3.8) is 0 Å². The van der Waals surface area contributed by atoms with Crippen molar-refractivity contribution in [2.45, 2.75) is 26.2 Å². The van der Waals surface area contributed by atoms with E-state index in [9.17, 15) is 9.59 Å². The molecule has 1 aliphatic carbocycles. The predicted octanol–water partition coefficient (Wildman–Crippen LogP) is 5.01. The molecule has 3 aromatic rings. The Kier molecular flexibility index (Phi) is 6.06. The smallest absolute Gasteiger partial charge is 0.291 e. The van der Waals surface area contributed by atoms with Crippen LogP contribution in [0.2, 0.25) is 10.0 Å². The Hall–Kier alpha value is -3.16. The lowest BCUT2D eigenvalue weighted by Gasteiger charge is -2.13. The predicted molar refractivity (Wildman–Crippen MR) is 119 cm³/mol. The van der Waals surface area contributed by atoms with Crippen LogP contribution in [0.4, 0.5) is 5.69 Å². The molecule has 4 rings (SSSR count). The molecule has 2 heterocycles. The van der Waals surface area contributed by atoms with E-state index in [2.05, 4.69) is 20.8 Å². The minimum Gasteiger partial charge on any atom is -0.455 e. The summed E-state index contributed by atoms with van der Waals surface area (Å²) in [6.45, 7) is 1.79. The van der Waals surface area contributed by atoms with Gasteiger partial charge in [0.1, 0.15) is 5.76 Å². The molecule has 0 saturated heterocycles. The molecule has 0 unspecified atom stereocenters. The number of carbonyl (C=O) groups is 2. The lowest BCUT2D eigenvalue weighted by Crippen LogP contribution is -2.22. The second-order valence-corrected chi connectivity index (χ2v) is 7.87. The number of pyridine rings is 1. The van der Waals surface area contributed by atoms with Gasteiger partial charge in [-0.1, -0.05) is 23.2 Å². The van der Waals surface area contributed by atoms with E-state index < -0.39 is 5.91 Å². The van der Waals surface area contributed by atoms with Crippen LogP contribution < -0.4 is 10.7 Å². The van der Waals surface area contributed by atoms with E-state index >= 15 is 0 Å². The molecule has 0 atom stereocenters. The first kappa shape index (κ1) is 21.1. The third-order valence-electron chi connectivity index (χ3n) is 4.94. The number of hydrazone groups is 1. The summed E-state index contributed by atoms with van der Waals surface area (Å²) in [6, 6.07) is 8.03. The molecule has 2 amide bonds. The van der Waals surface area contributed by atoms with E-state index in [1.54, 1.807) is 37.3 Å². The zero-order chi connectivity index (χ0) is 22.0. The van der Waals surface area contributed by atoms with Gasteiger partial charge in [-0.05, 0) is 50.1 Å². The van der Waals surface area contributed by atoms with Gasteiger partial charge in [0, 0.05) is 40.5 Å². The number of aromatic nitrogens is 1. The van der Waals surface area contributed by atoms with Crippen LogP contribution in [-0.2, 0) is 6.42 Å². The maximum absolute atomic E-state index is 12.9. The first-order valence-electron chi connectivity index (χ1n) is 9.60. The SMILES string of the molecule is Cc1c(C(=O)Nc2cc(Cl)ccc2Cl)oc2c1/C(=N/NC(=O)c1ccncc1)CCC2. The fraction of sp³-hybridized carbons (Fsp3) is 0.182. The zero-order valence-corrected chi connectivity index (χ0v) is 18.0. The topological polar surface area (TPSA) is 96.6 Å². The van der Waals surface area contributed by atoms with Crippen molar-refractivity contribution in [3.8, 4) is 0 Å². The molecule has 1 aromatic carbocycles. The highest BCUT2D eigenvalue weighted by Crippen LogP contribution is 2.31. The van der Waals surface area contributed by atoms with Gasteiger partial charge in [-0.25, -0.2) is 5.43 Å². The average Bonchev–Trinajstić information content (AvgIpc) is 3.12. The van der Waals surface area contributed by atoms with Crippen LogP contribution >= 0.6 is 23.2 Å². The van der Waals surface area contributed by atoms with Crippen molar-refractivity contribution in [2.24, 2.45) is 5.10 Å². The third-order valence-corrected chi connectivity index (χ3v) is 5.51. The Morgan fingerprint density at radius 2 is 1.87 bits per heavy atom. The Labute approximate surface area is 188 Å². The van der Waals surface area contributed by atoms with Crippen LogP contribution in [-0.4, -0.2) is 22.5 Å². The number of nitrogens with zero attached hydrogens (tertiary/aromatic N) is 2. The molecule has 0 bridgehead atoms. The van der Waals surface area contributed by atoms with E-state index in [4.69, 9.17) is 27.6 Å². The first-order chi connectivity index (χ1) is 14.9. The van der Waals surface area contributed by atoms with Gasteiger partial charge in [-0.15, -0.1) is 0 Å². The van der Waals surface area contributed by atoms with Gasteiger partial charge in [-0.2, -0.15) is 5.10 Å². The van der Waals surface area contributed by atoms with E-state index in [0.717, 1.165) is 12.0 Å². The molecule has 2 N–H and O–H groups in total. The van der Waals surface area contributed by atoms with Crippen LogP contribution in [0.1, 0.15) is 50.6 Å². The van der Waals surface area contributed by atoms with Gasteiger partial charge in [-0.3, -0.25) is 14.6 Å². The number of anilines is 1. The van der Waals surface area contributed by atoms with Crippen LogP contribution in [0.15, 0.2) is 52.2 Å². The number of rotatable bonds is 4. The highest BCUT2D eigenvalue weighted by atomic mass is 35.5. The molecule has 0 radical (unpaired) electrons. The summed E-state index contributed by atoms with van der Waals surface area (Å²) in [6.07, 6.45) is 5.21. The minimum atomic E-state index is -0.434. The third kappa shape index (κ3) is 4.47. The molecule has 7 nitrogen and oxygen atoms in total. The summed E-state index contributed by atoms with van der Waals surface area (Å²) < 4.78 is 5.87. The lowest BCUT2D eigenvalue weighted by atomic mass is 9.93. The van der Waals surface area contributed by atoms with Crippen molar-refractivity contribution >= 4 is 46.4 Å².